The molecule has 7 heteroatoms. The number of piperidine rings is 1. The first-order valence-corrected chi connectivity index (χ1v) is 9.39. The van der Waals surface area contributed by atoms with Gasteiger partial charge in [-0.1, -0.05) is 0 Å². The molecule has 1 aromatic rings. The van der Waals surface area contributed by atoms with Gasteiger partial charge in [0.15, 0.2) is 0 Å². The molecule has 2 fully saturated rings. The third-order valence-corrected chi connectivity index (χ3v) is 5.47. The van der Waals surface area contributed by atoms with Crippen molar-refractivity contribution in [3.05, 3.63) is 20.4 Å². The number of hydrogen-bond donors (Lipinski definition) is 2. The van der Waals surface area contributed by atoms with Crippen molar-refractivity contribution >= 4 is 17.3 Å². The number of anilines is 2. The van der Waals surface area contributed by atoms with Gasteiger partial charge in [0, 0.05) is 50.2 Å². The maximum Gasteiger partial charge on any atom is 0.253 e. The summed E-state index contributed by atoms with van der Waals surface area (Å²) in [6.45, 7) is 12.5. The molecule has 0 radical (unpaired) electrons. The fourth-order valence-electron chi connectivity index (χ4n) is 4.69. The van der Waals surface area contributed by atoms with E-state index < -0.39 is 10.9 Å². The number of carbonyl (C=O) groups excluding carboxylic acids is 1. The summed E-state index contributed by atoms with van der Waals surface area (Å²) in [7, 11) is 0. The fraction of sp³-hybridized carbons (Fsp3) is 0.737. The summed E-state index contributed by atoms with van der Waals surface area (Å²) < 4.78 is 0. The van der Waals surface area contributed by atoms with Gasteiger partial charge in [0.1, 0.15) is 11.4 Å². The second kappa shape index (κ2) is 6.37. The highest BCUT2D eigenvalue weighted by molar-refractivity contribution is 5.77. The van der Waals surface area contributed by atoms with Gasteiger partial charge in [-0.05, 0) is 40.5 Å². The Balaban J connectivity index is 1.75. The van der Waals surface area contributed by atoms with Gasteiger partial charge in [-0.3, -0.25) is 14.4 Å². The largest absolute Gasteiger partial charge is 0.377 e. The molecule has 0 atom stereocenters. The Morgan fingerprint density at radius 2 is 1.54 bits per heavy atom. The number of carbonyl (C=O) groups is 1. The minimum atomic E-state index is -0.414. The number of hydrogen-bond acceptors (Lipinski definition) is 6. The van der Waals surface area contributed by atoms with Crippen LogP contribution in [0, 0.1) is 0 Å². The molecule has 3 rings (SSSR count). The molecule has 1 amide bonds. The number of nitrogens with zero attached hydrogens (tertiary/aromatic N) is 2. The highest BCUT2D eigenvalue weighted by Gasteiger charge is 2.39. The van der Waals surface area contributed by atoms with E-state index in [0.717, 1.165) is 12.8 Å². The fourth-order valence-corrected chi connectivity index (χ4v) is 4.69. The number of amides is 1. The number of piperazine rings is 1. The molecule has 1 aromatic carbocycles. The molecule has 2 aliphatic rings. The normalized spacial score (nSPS) is 23.3. The van der Waals surface area contributed by atoms with Gasteiger partial charge in [0.25, 0.3) is 10.9 Å². The monoisotopic (exact) mass is 362 g/mol. The van der Waals surface area contributed by atoms with E-state index in [0.29, 0.717) is 37.6 Å². The van der Waals surface area contributed by atoms with Crippen LogP contribution in [-0.2, 0) is 4.79 Å². The molecule has 0 bridgehead atoms. The summed E-state index contributed by atoms with van der Waals surface area (Å²) in [6.07, 6.45) is 1.76. The first-order chi connectivity index (χ1) is 12.0. The molecular weight excluding hydrogens is 332 g/mol. The predicted molar refractivity (Wildman–Crippen MR) is 104 cm³/mol. The highest BCUT2D eigenvalue weighted by atomic mass is 16.2. The molecule has 0 aromatic heterocycles. The van der Waals surface area contributed by atoms with Crippen LogP contribution in [0.4, 0.5) is 11.4 Å². The Hall–Kier alpha value is -1.89. The van der Waals surface area contributed by atoms with E-state index in [1.807, 2.05) is 4.90 Å². The summed E-state index contributed by atoms with van der Waals surface area (Å²) in [6, 6.07) is 0.141. The summed E-state index contributed by atoms with van der Waals surface area (Å²) >= 11 is 0. The molecular formula is C19H30N4O3. The molecule has 2 heterocycles. The molecule has 2 saturated heterocycles. The predicted octanol–water partition coefficient (Wildman–Crippen LogP) is 0.672. The van der Waals surface area contributed by atoms with Gasteiger partial charge in [-0.25, -0.2) is 0 Å². The van der Waals surface area contributed by atoms with E-state index in [1.54, 1.807) is 11.8 Å². The third kappa shape index (κ3) is 3.63. The van der Waals surface area contributed by atoms with Gasteiger partial charge in [0.2, 0.25) is 5.91 Å². The Morgan fingerprint density at radius 3 is 2.04 bits per heavy atom. The maximum atomic E-state index is 12.2. The minimum Gasteiger partial charge on any atom is -0.377 e. The average molecular weight is 362 g/mol. The van der Waals surface area contributed by atoms with Crippen molar-refractivity contribution in [1.82, 2.24) is 10.2 Å². The van der Waals surface area contributed by atoms with Crippen LogP contribution in [-0.4, -0.2) is 54.1 Å². The molecule has 26 heavy (non-hydrogen) atoms. The summed E-state index contributed by atoms with van der Waals surface area (Å²) in [5.41, 5.74) is 0.0742. The second-order valence-corrected chi connectivity index (χ2v) is 9.02. The van der Waals surface area contributed by atoms with Crippen LogP contribution in [0.15, 0.2) is 9.59 Å². The van der Waals surface area contributed by atoms with Gasteiger partial charge in [-0.2, -0.15) is 0 Å². The van der Waals surface area contributed by atoms with E-state index in [2.05, 4.69) is 38.3 Å². The Morgan fingerprint density at radius 1 is 1.00 bits per heavy atom. The van der Waals surface area contributed by atoms with Gasteiger partial charge in [-0.15, -0.1) is 0 Å². The Bertz CT molecular complexity index is 752. The second-order valence-electron chi connectivity index (χ2n) is 9.02. The lowest BCUT2D eigenvalue weighted by atomic mass is 9.79. The van der Waals surface area contributed by atoms with Crippen LogP contribution >= 0.6 is 0 Å². The molecule has 0 saturated carbocycles. The van der Waals surface area contributed by atoms with Crippen molar-refractivity contribution in [1.29, 1.82) is 0 Å². The Kier molecular flexibility index (Phi) is 4.63. The average Bonchev–Trinajstić information content (AvgIpc) is 2.51. The molecule has 0 spiro atoms. The molecule has 2 aliphatic heterocycles. The highest BCUT2D eigenvalue weighted by Crippen LogP contribution is 2.32. The van der Waals surface area contributed by atoms with Crippen LogP contribution < -0.4 is 26.4 Å². The summed E-state index contributed by atoms with van der Waals surface area (Å²) in [4.78, 5) is 39.6. The topological polar surface area (TPSA) is 81.8 Å². The lowest BCUT2D eigenvalue weighted by molar-refractivity contribution is -0.129. The van der Waals surface area contributed by atoms with Gasteiger partial charge >= 0.3 is 0 Å². The quantitative estimate of drug-likeness (QED) is 0.770. The molecule has 144 valence electrons. The SMILES string of the molecule is CC(=O)N1CCN(c2c(NC3CC(C)(C)NC(C)(C)C3)c(=O)c2=O)CC1. The van der Waals surface area contributed by atoms with Crippen LogP contribution in [0.2, 0.25) is 0 Å². The number of rotatable bonds is 3. The molecule has 7 nitrogen and oxygen atoms in total. The van der Waals surface area contributed by atoms with Crippen molar-refractivity contribution in [2.75, 3.05) is 36.4 Å². The smallest absolute Gasteiger partial charge is 0.253 e. The van der Waals surface area contributed by atoms with Gasteiger partial charge < -0.3 is 20.4 Å². The summed E-state index contributed by atoms with van der Waals surface area (Å²) in [5.74, 6) is 0.0483. The van der Waals surface area contributed by atoms with Crippen molar-refractivity contribution in [2.24, 2.45) is 0 Å². The molecule has 2 N–H and O–H groups in total. The zero-order chi connectivity index (χ0) is 19.3. The van der Waals surface area contributed by atoms with E-state index in [-0.39, 0.29) is 23.0 Å². The zero-order valence-corrected chi connectivity index (χ0v) is 16.4. The van der Waals surface area contributed by atoms with E-state index in [4.69, 9.17) is 0 Å². The van der Waals surface area contributed by atoms with E-state index >= 15 is 0 Å². The van der Waals surface area contributed by atoms with Crippen LogP contribution in [0.5, 0.6) is 0 Å². The summed E-state index contributed by atoms with van der Waals surface area (Å²) in [5, 5.41) is 7.00. The van der Waals surface area contributed by atoms with E-state index in [9.17, 15) is 14.4 Å². The van der Waals surface area contributed by atoms with E-state index in [1.165, 1.54) is 0 Å². The first kappa shape index (κ1) is 18.9. The van der Waals surface area contributed by atoms with Crippen molar-refractivity contribution in [2.45, 2.75) is 64.6 Å². The lowest BCUT2D eigenvalue weighted by Crippen LogP contribution is -2.61. The minimum absolute atomic E-state index is 0.0376. The number of nitrogens with one attached hydrogen (secondary N) is 2. The Labute approximate surface area is 154 Å². The van der Waals surface area contributed by atoms with Crippen LogP contribution in [0.3, 0.4) is 0 Å². The standard InChI is InChI=1S/C19H30N4O3/c1-12(24)22-6-8-23(9-7-22)15-14(16(25)17(15)26)20-13-10-18(2,3)21-19(4,5)11-13/h13,20-21H,6-11H2,1-5H3. The van der Waals surface area contributed by atoms with Crippen molar-refractivity contribution < 1.29 is 4.79 Å². The zero-order valence-electron chi connectivity index (χ0n) is 16.4. The third-order valence-electron chi connectivity index (χ3n) is 5.47. The first-order valence-electron chi connectivity index (χ1n) is 9.39. The van der Waals surface area contributed by atoms with Crippen LogP contribution in [0.1, 0.15) is 47.5 Å². The molecule has 0 unspecified atom stereocenters. The lowest BCUT2D eigenvalue weighted by Gasteiger charge is -2.47. The van der Waals surface area contributed by atoms with Gasteiger partial charge in [0.05, 0.1) is 0 Å². The van der Waals surface area contributed by atoms with Crippen molar-refractivity contribution in [3.8, 4) is 0 Å². The maximum absolute atomic E-state index is 12.2. The van der Waals surface area contributed by atoms with Crippen molar-refractivity contribution in [3.63, 3.8) is 0 Å². The van der Waals surface area contributed by atoms with Crippen LogP contribution in [0.25, 0.3) is 0 Å². The molecule has 0 aliphatic carbocycles.